The lowest BCUT2D eigenvalue weighted by molar-refractivity contribution is -0.158. The number of amides is 1. The van der Waals surface area contributed by atoms with Gasteiger partial charge in [-0.05, 0) is 42.3 Å². The van der Waals surface area contributed by atoms with Gasteiger partial charge in [0.15, 0.2) is 0 Å². The maximum absolute atomic E-state index is 13.8. The normalized spacial score (nSPS) is 20.5. The molecule has 0 saturated carbocycles. The molecule has 0 aromatic heterocycles. The quantitative estimate of drug-likeness (QED) is 0.877. The molecule has 6 heteroatoms. The fourth-order valence-corrected chi connectivity index (χ4v) is 3.39. The largest absolute Gasteiger partial charge is 0.493 e. The van der Waals surface area contributed by atoms with Crippen molar-refractivity contribution < 1.29 is 18.7 Å². The van der Waals surface area contributed by atoms with Crippen LogP contribution < -0.4 is 10.1 Å². The van der Waals surface area contributed by atoms with Crippen LogP contribution in [0.25, 0.3) is 11.1 Å². The van der Waals surface area contributed by atoms with Crippen molar-refractivity contribution in [3.05, 3.63) is 52.8 Å². The van der Waals surface area contributed by atoms with Crippen molar-refractivity contribution >= 4 is 17.5 Å². The molecule has 1 unspecified atom stereocenters. The summed E-state index contributed by atoms with van der Waals surface area (Å²) in [4.78, 5) is 12.6. The van der Waals surface area contributed by atoms with E-state index in [0.29, 0.717) is 26.2 Å². The average Bonchev–Trinajstić information content (AvgIpc) is 2.62. The van der Waals surface area contributed by atoms with Crippen LogP contribution in [-0.2, 0) is 9.53 Å². The van der Waals surface area contributed by atoms with E-state index in [9.17, 15) is 9.18 Å². The molecule has 2 aromatic rings. The van der Waals surface area contributed by atoms with Crippen LogP contribution in [0.2, 0.25) is 5.02 Å². The van der Waals surface area contributed by atoms with Crippen LogP contribution in [0.4, 0.5) is 4.39 Å². The minimum Gasteiger partial charge on any atom is -0.493 e. The lowest BCUT2D eigenvalue weighted by Gasteiger charge is -2.38. The summed E-state index contributed by atoms with van der Waals surface area (Å²) in [6, 6.07) is 10.3. The van der Waals surface area contributed by atoms with E-state index >= 15 is 0 Å². The highest BCUT2D eigenvalue weighted by atomic mass is 35.5. The van der Waals surface area contributed by atoms with Gasteiger partial charge in [0, 0.05) is 12.0 Å². The summed E-state index contributed by atoms with van der Waals surface area (Å²) < 4.78 is 24.7. The summed E-state index contributed by atoms with van der Waals surface area (Å²) in [6.45, 7) is 3.33. The van der Waals surface area contributed by atoms with E-state index in [2.05, 4.69) is 5.32 Å². The summed E-state index contributed by atoms with van der Waals surface area (Å²) in [6.07, 6.45) is 0.689. The second-order valence-corrected chi connectivity index (χ2v) is 7.51. The molecule has 0 bridgehead atoms. The molecule has 2 aliphatic rings. The lowest BCUT2D eigenvalue weighted by atomic mass is 9.86. The number of benzene rings is 2. The molecule has 0 radical (unpaired) electrons. The summed E-state index contributed by atoms with van der Waals surface area (Å²) in [5.74, 6) is 0.278. The molecular weight excluding hydrogens is 357 g/mol. The van der Waals surface area contributed by atoms with Crippen molar-refractivity contribution in [2.24, 2.45) is 5.41 Å². The summed E-state index contributed by atoms with van der Waals surface area (Å²) in [7, 11) is 0. The van der Waals surface area contributed by atoms with Crippen LogP contribution in [0.5, 0.6) is 5.75 Å². The molecule has 1 amide bonds. The van der Waals surface area contributed by atoms with Crippen molar-refractivity contribution in [3.63, 3.8) is 0 Å². The van der Waals surface area contributed by atoms with Gasteiger partial charge in [-0.15, -0.1) is 0 Å². The molecule has 4 rings (SSSR count). The molecule has 1 fully saturated rings. The highest BCUT2D eigenvalue weighted by Crippen LogP contribution is 2.37. The van der Waals surface area contributed by atoms with E-state index in [4.69, 9.17) is 21.1 Å². The van der Waals surface area contributed by atoms with Gasteiger partial charge in [0.05, 0.1) is 36.3 Å². The number of nitrogens with one attached hydrogen (secondary N) is 1. The van der Waals surface area contributed by atoms with Crippen molar-refractivity contribution in [2.75, 3.05) is 19.8 Å². The average molecular weight is 376 g/mol. The maximum atomic E-state index is 13.8. The van der Waals surface area contributed by atoms with Crippen LogP contribution >= 0.6 is 11.6 Å². The number of carbonyl (C=O) groups is 1. The Hall–Kier alpha value is -2.11. The van der Waals surface area contributed by atoms with E-state index in [1.54, 1.807) is 12.1 Å². The molecule has 1 saturated heterocycles. The Balaban J connectivity index is 1.64. The molecule has 2 aromatic carbocycles. The summed E-state index contributed by atoms with van der Waals surface area (Å²) in [5.41, 5.74) is 2.02. The van der Waals surface area contributed by atoms with Gasteiger partial charge in [0.25, 0.3) is 0 Å². The third-order valence-electron chi connectivity index (χ3n) is 5.00. The first-order chi connectivity index (χ1) is 12.5. The van der Waals surface area contributed by atoms with Crippen molar-refractivity contribution in [1.29, 1.82) is 0 Å². The molecule has 136 valence electrons. The highest BCUT2D eigenvalue weighted by molar-refractivity contribution is 6.30. The van der Waals surface area contributed by atoms with Gasteiger partial charge in [-0.2, -0.15) is 0 Å². The van der Waals surface area contributed by atoms with Gasteiger partial charge in [-0.1, -0.05) is 23.7 Å². The molecule has 1 N–H and O–H groups in total. The standard InChI is InChI=1S/C20H19ClFNO3/c1-20(10-25-11-20)19(24)23-17-6-7-26-18-5-3-12(8-14(17)18)13-2-4-15(21)16(22)9-13/h2-5,8-9,17H,6-7,10-11H2,1H3,(H,23,24). The van der Waals surface area contributed by atoms with Crippen LogP contribution in [0, 0.1) is 11.2 Å². The molecule has 1 atom stereocenters. The lowest BCUT2D eigenvalue weighted by Crippen LogP contribution is -2.53. The topological polar surface area (TPSA) is 47.6 Å². The zero-order valence-corrected chi connectivity index (χ0v) is 15.1. The zero-order valence-electron chi connectivity index (χ0n) is 14.4. The number of ether oxygens (including phenoxy) is 2. The second-order valence-electron chi connectivity index (χ2n) is 7.10. The van der Waals surface area contributed by atoms with Gasteiger partial charge in [0.1, 0.15) is 11.6 Å². The number of hydrogen-bond donors (Lipinski definition) is 1. The molecule has 0 aliphatic carbocycles. The first-order valence-electron chi connectivity index (χ1n) is 8.57. The molecule has 0 spiro atoms. The Morgan fingerprint density at radius 3 is 2.65 bits per heavy atom. The Labute approximate surface area is 156 Å². The molecule has 26 heavy (non-hydrogen) atoms. The molecule has 2 aliphatic heterocycles. The number of carbonyl (C=O) groups excluding carboxylic acids is 1. The zero-order chi connectivity index (χ0) is 18.3. The number of rotatable bonds is 3. The van der Waals surface area contributed by atoms with Gasteiger partial charge in [-0.3, -0.25) is 4.79 Å². The molecule has 4 nitrogen and oxygen atoms in total. The fourth-order valence-electron chi connectivity index (χ4n) is 3.27. The number of halogens is 2. The molecular formula is C20H19ClFNO3. The monoisotopic (exact) mass is 375 g/mol. The van der Waals surface area contributed by atoms with Crippen LogP contribution in [0.15, 0.2) is 36.4 Å². The van der Waals surface area contributed by atoms with E-state index in [0.717, 1.165) is 22.4 Å². The van der Waals surface area contributed by atoms with E-state index < -0.39 is 11.2 Å². The molecule has 2 heterocycles. The smallest absolute Gasteiger partial charge is 0.231 e. The van der Waals surface area contributed by atoms with Gasteiger partial charge >= 0.3 is 0 Å². The minimum absolute atomic E-state index is 0.00968. The van der Waals surface area contributed by atoms with Crippen molar-refractivity contribution in [3.8, 4) is 16.9 Å². The van der Waals surface area contributed by atoms with Crippen molar-refractivity contribution in [1.82, 2.24) is 5.32 Å². The summed E-state index contributed by atoms with van der Waals surface area (Å²) >= 11 is 5.77. The maximum Gasteiger partial charge on any atom is 0.231 e. The Kier molecular flexibility index (Phi) is 4.37. The summed E-state index contributed by atoms with van der Waals surface area (Å²) in [5, 5.41) is 3.22. The van der Waals surface area contributed by atoms with E-state index in [-0.39, 0.29) is 17.0 Å². The fraction of sp³-hybridized carbons (Fsp3) is 0.350. The predicted octanol–water partition coefficient (Wildman–Crippen LogP) is 4.12. The Morgan fingerprint density at radius 2 is 1.96 bits per heavy atom. The third-order valence-corrected chi connectivity index (χ3v) is 5.30. The number of fused-ring (bicyclic) bond motifs is 1. The van der Waals surface area contributed by atoms with Gasteiger partial charge < -0.3 is 14.8 Å². The first-order valence-corrected chi connectivity index (χ1v) is 8.95. The van der Waals surface area contributed by atoms with Gasteiger partial charge in [-0.25, -0.2) is 4.39 Å². The Bertz CT molecular complexity index is 866. The van der Waals surface area contributed by atoms with Crippen LogP contribution in [0.1, 0.15) is 24.9 Å². The highest BCUT2D eigenvalue weighted by Gasteiger charge is 2.42. The van der Waals surface area contributed by atoms with E-state index in [1.165, 1.54) is 6.07 Å². The number of hydrogen-bond acceptors (Lipinski definition) is 3. The van der Waals surface area contributed by atoms with E-state index in [1.807, 2.05) is 25.1 Å². The van der Waals surface area contributed by atoms with Crippen LogP contribution in [-0.4, -0.2) is 25.7 Å². The van der Waals surface area contributed by atoms with Crippen molar-refractivity contribution in [2.45, 2.75) is 19.4 Å². The SMILES string of the molecule is CC1(C(=O)NC2CCOc3ccc(-c4ccc(Cl)c(F)c4)cc32)COC1. The first kappa shape index (κ1) is 17.3. The third kappa shape index (κ3) is 3.06. The predicted molar refractivity (Wildman–Crippen MR) is 96.8 cm³/mol. The Morgan fingerprint density at radius 1 is 1.23 bits per heavy atom. The van der Waals surface area contributed by atoms with Crippen LogP contribution in [0.3, 0.4) is 0 Å². The second kappa shape index (κ2) is 6.56. The van der Waals surface area contributed by atoms with Gasteiger partial charge in [0.2, 0.25) is 5.91 Å². The minimum atomic E-state index is -0.463.